The molecule has 1 atom stereocenters. The van der Waals surface area contributed by atoms with Crippen LogP contribution in [0.15, 0.2) is 109 Å². The molecule has 5 rings (SSSR count). The summed E-state index contributed by atoms with van der Waals surface area (Å²) in [6.45, 7) is 1.37. The van der Waals surface area contributed by atoms with Crippen LogP contribution in [0, 0.1) is 0 Å². The Bertz CT molecular complexity index is 1510. The molecule has 0 aliphatic carbocycles. The van der Waals surface area contributed by atoms with Crippen LogP contribution in [0.4, 0.5) is 11.4 Å². The van der Waals surface area contributed by atoms with Crippen LogP contribution in [0.2, 0.25) is 0 Å². The zero-order valence-electron chi connectivity index (χ0n) is 24.3. The highest BCUT2D eigenvalue weighted by atomic mass is 16.5. The van der Waals surface area contributed by atoms with Gasteiger partial charge in [-0.2, -0.15) is 0 Å². The molecular formula is C35H35N3O6. The number of carbonyl (C=O) groups excluding carboxylic acids is 3. The van der Waals surface area contributed by atoms with Gasteiger partial charge in [0.15, 0.2) is 0 Å². The summed E-state index contributed by atoms with van der Waals surface area (Å²) >= 11 is 0. The number of imide groups is 1. The Morgan fingerprint density at radius 3 is 1.89 bits per heavy atom. The highest BCUT2D eigenvalue weighted by molar-refractivity contribution is 6.21. The van der Waals surface area contributed by atoms with Gasteiger partial charge in [-0.1, -0.05) is 72.8 Å². The van der Waals surface area contributed by atoms with Gasteiger partial charge in [-0.15, -0.1) is 0 Å². The zero-order chi connectivity index (χ0) is 30.7. The minimum atomic E-state index is -0.974. The quantitative estimate of drug-likeness (QED) is 0.154. The van der Waals surface area contributed by atoms with Crippen molar-refractivity contribution < 1.29 is 29.0 Å². The van der Waals surface area contributed by atoms with Crippen molar-refractivity contribution in [2.24, 2.45) is 0 Å². The van der Waals surface area contributed by atoms with Crippen molar-refractivity contribution in [3.63, 3.8) is 0 Å². The maximum absolute atomic E-state index is 13.2. The number of benzene rings is 4. The first-order valence-electron chi connectivity index (χ1n) is 14.5. The summed E-state index contributed by atoms with van der Waals surface area (Å²) in [4.78, 5) is 41.1. The first-order chi connectivity index (χ1) is 21.5. The minimum absolute atomic E-state index is 0.0857. The Balaban J connectivity index is 1.15. The number of ether oxygens (including phenoxy) is 2. The molecule has 0 fully saturated rings. The van der Waals surface area contributed by atoms with Gasteiger partial charge >= 0.3 is 0 Å². The molecular weight excluding hydrogens is 558 g/mol. The van der Waals surface area contributed by atoms with Crippen LogP contribution in [0.5, 0.6) is 0 Å². The van der Waals surface area contributed by atoms with Gasteiger partial charge in [0.1, 0.15) is 6.61 Å². The van der Waals surface area contributed by atoms with Crippen LogP contribution in [-0.2, 0) is 27.5 Å². The molecule has 0 radical (unpaired) electrons. The normalized spacial score (nSPS) is 13.1. The van der Waals surface area contributed by atoms with Crippen molar-refractivity contribution in [1.29, 1.82) is 0 Å². The number of β-amino-alcohol motifs (C(OH)–C–C–N with tert-alkyl or cyclic N) is 1. The van der Waals surface area contributed by atoms with Crippen LogP contribution >= 0.6 is 0 Å². The Kier molecular flexibility index (Phi) is 10.5. The summed E-state index contributed by atoms with van der Waals surface area (Å²) in [7, 11) is 0. The largest absolute Gasteiger partial charge is 0.389 e. The summed E-state index contributed by atoms with van der Waals surface area (Å²) in [6, 6.07) is 33.4. The second-order valence-electron chi connectivity index (χ2n) is 10.4. The molecule has 226 valence electrons. The molecule has 3 amide bonds. The molecule has 44 heavy (non-hydrogen) atoms. The highest BCUT2D eigenvalue weighted by Gasteiger charge is 2.36. The molecule has 2 N–H and O–H groups in total. The summed E-state index contributed by atoms with van der Waals surface area (Å²) in [6.07, 6.45) is -0.974. The summed E-state index contributed by atoms with van der Waals surface area (Å²) in [5, 5.41) is 13.7. The smallest absolute Gasteiger partial charge is 0.261 e. The topological polar surface area (TPSA) is 108 Å². The van der Waals surface area contributed by atoms with Gasteiger partial charge in [-0.25, -0.2) is 0 Å². The number of fused-ring (bicyclic) bond motifs is 1. The molecule has 0 aromatic heterocycles. The molecule has 0 spiro atoms. The number of amides is 3. The first-order valence-corrected chi connectivity index (χ1v) is 14.5. The lowest BCUT2D eigenvalue weighted by molar-refractivity contribution is -0.123. The number of hydrogen-bond donors (Lipinski definition) is 2. The molecule has 4 aromatic rings. The highest BCUT2D eigenvalue weighted by Crippen LogP contribution is 2.23. The lowest BCUT2D eigenvalue weighted by Crippen LogP contribution is -2.39. The number of aliphatic hydroxyl groups is 1. The Hall–Kier alpha value is -4.83. The fourth-order valence-corrected chi connectivity index (χ4v) is 4.90. The molecule has 1 aliphatic rings. The van der Waals surface area contributed by atoms with E-state index in [2.05, 4.69) is 5.32 Å². The fourth-order valence-electron chi connectivity index (χ4n) is 4.90. The third-order valence-electron chi connectivity index (χ3n) is 7.20. The summed E-state index contributed by atoms with van der Waals surface area (Å²) in [5.74, 6) is -1.00. The average molecular weight is 594 g/mol. The SMILES string of the molecule is O=C1c2ccccc2C(=O)N1C[C@H](O)CNc1ccc(N(CCOCc2ccccc2)C(=O)COCc2ccccc2)cc1. The minimum Gasteiger partial charge on any atom is -0.389 e. The lowest BCUT2D eigenvalue weighted by Gasteiger charge is -2.24. The predicted octanol–water partition coefficient (Wildman–Crippen LogP) is 4.52. The predicted molar refractivity (Wildman–Crippen MR) is 167 cm³/mol. The van der Waals surface area contributed by atoms with Crippen molar-refractivity contribution in [2.75, 3.05) is 43.1 Å². The third-order valence-corrected chi connectivity index (χ3v) is 7.20. The molecule has 1 aliphatic heterocycles. The number of hydrogen-bond acceptors (Lipinski definition) is 7. The third kappa shape index (κ3) is 7.96. The molecule has 4 aromatic carbocycles. The molecule has 0 bridgehead atoms. The van der Waals surface area contributed by atoms with Crippen molar-refractivity contribution in [2.45, 2.75) is 19.3 Å². The maximum Gasteiger partial charge on any atom is 0.261 e. The number of carbonyl (C=O) groups is 3. The van der Waals surface area contributed by atoms with Gasteiger partial charge in [-0.3, -0.25) is 19.3 Å². The lowest BCUT2D eigenvalue weighted by atomic mass is 10.1. The van der Waals surface area contributed by atoms with Gasteiger partial charge < -0.3 is 24.8 Å². The fraction of sp³-hybridized carbons (Fsp3) is 0.229. The van der Waals surface area contributed by atoms with Crippen LogP contribution in [0.3, 0.4) is 0 Å². The van der Waals surface area contributed by atoms with Crippen LogP contribution < -0.4 is 10.2 Å². The number of aliphatic hydroxyl groups excluding tert-OH is 1. The number of nitrogens with one attached hydrogen (secondary N) is 1. The molecule has 9 nitrogen and oxygen atoms in total. The van der Waals surface area contributed by atoms with Crippen LogP contribution in [-0.4, -0.2) is 66.7 Å². The molecule has 0 saturated carbocycles. The van der Waals surface area contributed by atoms with E-state index in [9.17, 15) is 19.5 Å². The number of anilines is 2. The van der Waals surface area contributed by atoms with Gasteiger partial charge in [0.25, 0.3) is 17.7 Å². The van der Waals surface area contributed by atoms with Crippen LogP contribution in [0.1, 0.15) is 31.8 Å². The van der Waals surface area contributed by atoms with Crippen molar-refractivity contribution in [1.82, 2.24) is 4.90 Å². The van der Waals surface area contributed by atoms with E-state index >= 15 is 0 Å². The summed E-state index contributed by atoms with van der Waals surface area (Å²) < 4.78 is 11.6. The van der Waals surface area contributed by atoms with E-state index in [1.807, 2.05) is 72.8 Å². The van der Waals surface area contributed by atoms with Crippen molar-refractivity contribution in [3.05, 3.63) is 131 Å². The second kappa shape index (κ2) is 15.1. The molecule has 1 heterocycles. The van der Waals surface area contributed by atoms with Gasteiger partial charge in [0.2, 0.25) is 0 Å². The second-order valence-corrected chi connectivity index (χ2v) is 10.4. The van der Waals surface area contributed by atoms with E-state index in [4.69, 9.17) is 9.47 Å². The van der Waals surface area contributed by atoms with Crippen molar-refractivity contribution in [3.8, 4) is 0 Å². The van der Waals surface area contributed by atoms with Gasteiger partial charge in [0, 0.05) is 24.5 Å². The van der Waals surface area contributed by atoms with E-state index in [1.165, 1.54) is 0 Å². The van der Waals surface area contributed by atoms with Gasteiger partial charge in [-0.05, 0) is 47.5 Å². The standard InChI is InChI=1S/C35H35N3O6/c39-30(22-38-34(41)31-13-7-8-14-32(31)35(38)42)21-36-28-15-17-29(18-16-28)37(19-20-43-23-26-9-3-1-4-10-26)33(40)25-44-24-27-11-5-2-6-12-27/h1-18,30,36,39H,19-25H2/t30-/m1/s1. The van der Waals surface area contributed by atoms with E-state index in [-0.39, 0.29) is 25.6 Å². The number of rotatable bonds is 15. The average Bonchev–Trinajstić information content (AvgIpc) is 3.30. The van der Waals surface area contributed by atoms with E-state index < -0.39 is 17.9 Å². The molecule has 9 heteroatoms. The van der Waals surface area contributed by atoms with E-state index in [0.717, 1.165) is 16.0 Å². The van der Waals surface area contributed by atoms with E-state index in [0.29, 0.717) is 48.9 Å². The first kappa shape index (κ1) is 30.6. The monoisotopic (exact) mass is 593 g/mol. The van der Waals surface area contributed by atoms with Crippen LogP contribution in [0.25, 0.3) is 0 Å². The maximum atomic E-state index is 13.2. The summed E-state index contributed by atoms with van der Waals surface area (Å²) in [5.41, 5.74) is 4.13. The Labute approximate surface area is 256 Å². The van der Waals surface area contributed by atoms with E-state index in [1.54, 1.807) is 41.3 Å². The molecule has 0 unspecified atom stereocenters. The van der Waals surface area contributed by atoms with Gasteiger partial charge in [0.05, 0.1) is 43.6 Å². The zero-order valence-corrected chi connectivity index (χ0v) is 24.3. The Morgan fingerprint density at radius 1 is 0.750 bits per heavy atom. The van der Waals surface area contributed by atoms with Crippen molar-refractivity contribution >= 4 is 29.1 Å². The number of nitrogens with zero attached hydrogens (tertiary/aromatic N) is 2. The molecule has 0 saturated heterocycles. The Morgan fingerprint density at radius 2 is 1.30 bits per heavy atom.